The number of carbonyl (C=O) groups excluding carboxylic acids is 2. The highest BCUT2D eigenvalue weighted by molar-refractivity contribution is 6.03. The lowest BCUT2D eigenvalue weighted by Gasteiger charge is -2.37. The van der Waals surface area contributed by atoms with Crippen LogP contribution < -0.4 is 10.2 Å². The quantitative estimate of drug-likeness (QED) is 0.166. The van der Waals surface area contributed by atoms with Gasteiger partial charge in [0.25, 0.3) is 0 Å². The SMILES string of the molecule is Cc1ccccc1-c1ccccc1C(=O)Cc1ccc(N2CCC(C(C(=O)NCc3ccccc3)c3ccccc3)CC2)cc1. The molecule has 0 saturated carbocycles. The average molecular weight is 593 g/mol. The summed E-state index contributed by atoms with van der Waals surface area (Å²) in [6, 6.07) is 44.9. The summed E-state index contributed by atoms with van der Waals surface area (Å²) in [5.41, 5.74) is 8.37. The predicted octanol–water partition coefficient (Wildman–Crippen LogP) is 8.40. The molecule has 4 heteroatoms. The van der Waals surface area contributed by atoms with Gasteiger partial charge in [0.15, 0.2) is 5.78 Å². The Morgan fingerprint density at radius 1 is 0.689 bits per heavy atom. The zero-order chi connectivity index (χ0) is 31.0. The van der Waals surface area contributed by atoms with E-state index in [2.05, 4.69) is 65.7 Å². The van der Waals surface area contributed by atoms with E-state index in [1.165, 1.54) is 0 Å². The largest absolute Gasteiger partial charge is 0.372 e. The molecule has 0 aliphatic carbocycles. The Morgan fingerprint density at radius 2 is 1.29 bits per heavy atom. The molecule has 0 spiro atoms. The summed E-state index contributed by atoms with van der Waals surface area (Å²) < 4.78 is 0. The third kappa shape index (κ3) is 7.24. The predicted molar refractivity (Wildman–Crippen MR) is 184 cm³/mol. The summed E-state index contributed by atoms with van der Waals surface area (Å²) in [6.45, 7) is 4.40. The number of rotatable bonds is 10. The van der Waals surface area contributed by atoms with Crippen LogP contribution in [0.2, 0.25) is 0 Å². The normalized spacial score (nSPS) is 14.1. The first-order valence-corrected chi connectivity index (χ1v) is 16.0. The third-order valence-corrected chi connectivity index (χ3v) is 9.09. The maximum absolute atomic E-state index is 13.6. The zero-order valence-corrected chi connectivity index (χ0v) is 25.9. The lowest BCUT2D eigenvalue weighted by molar-refractivity contribution is -0.124. The summed E-state index contributed by atoms with van der Waals surface area (Å²) in [6.07, 6.45) is 2.24. The molecule has 5 aromatic carbocycles. The Bertz CT molecular complexity index is 1720. The Morgan fingerprint density at radius 3 is 1.98 bits per heavy atom. The number of hydrogen-bond acceptors (Lipinski definition) is 3. The van der Waals surface area contributed by atoms with E-state index in [9.17, 15) is 9.59 Å². The number of Topliss-reactive ketones (excluding diaryl/α,β-unsaturated/α-hetero) is 1. The molecule has 0 radical (unpaired) electrons. The number of piperidine rings is 1. The standard InChI is InChI=1S/C41H40N2O2/c1-30-12-8-9-17-36(30)37-18-10-11-19-38(37)39(44)28-31-20-22-35(23-21-31)43-26-24-34(25-27-43)40(33-15-6-3-7-16-33)41(45)42-29-32-13-4-2-5-14-32/h2-23,34,40H,24-29H2,1H3,(H,42,45). The summed E-state index contributed by atoms with van der Waals surface area (Å²) in [5.74, 6) is 0.319. The van der Waals surface area contributed by atoms with E-state index in [1.54, 1.807) is 0 Å². The van der Waals surface area contributed by atoms with Gasteiger partial charge in [-0.05, 0) is 71.2 Å². The van der Waals surface area contributed by atoms with Gasteiger partial charge in [-0.1, -0.05) is 121 Å². The molecule has 1 aliphatic rings. The van der Waals surface area contributed by atoms with Gasteiger partial charge in [-0.25, -0.2) is 0 Å². The van der Waals surface area contributed by atoms with E-state index in [1.807, 2.05) is 84.9 Å². The van der Waals surface area contributed by atoms with Gasteiger partial charge in [-0.2, -0.15) is 0 Å². The van der Waals surface area contributed by atoms with Crippen molar-refractivity contribution in [1.29, 1.82) is 0 Å². The summed E-state index contributed by atoms with van der Waals surface area (Å²) in [5, 5.41) is 3.21. The molecular formula is C41H40N2O2. The van der Waals surface area contributed by atoms with Gasteiger partial charge < -0.3 is 10.2 Å². The van der Waals surface area contributed by atoms with Crippen molar-refractivity contribution >= 4 is 17.4 Å². The van der Waals surface area contributed by atoms with Crippen molar-refractivity contribution in [2.45, 2.75) is 38.6 Å². The Hall–Kier alpha value is -4.96. The molecule has 0 bridgehead atoms. The van der Waals surface area contributed by atoms with Gasteiger partial charge in [0, 0.05) is 37.3 Å². The lowest BCUT2D eigenvalue weighted by Crippen LogP contribution is -2.40. The number of anilines is 1. The van der Waals surface area contributed by atoms with Crippen LogP contribution in [-0.2, 0) is 17.8 Å². The topological polar surface area (TPSA) is 49.4 Å². The molecule has 1 saturated heterocycles. The summed E-state index contributed by atoms with van der Waals surface area (Å²) in [4.78, 5) is 29.4. The molecule has 1 unspecified atom stereocenters. The Labute approximate surface area is 266 Å². The minimum Gasteiger partial charge on any atom is -0.372 e. The Kier molecular flexibility index (Phi) is 9.50. The molecule has 4 nitrogen and oxygen atoms in total. The molecule has 1 N–H and O–H groups in total. The van der Waals surface area contributed by atoms with E-state index >= 15 is 0 Å². The number of ketones is 1. The van der Waals surface area contributed by atoms with Crippen LogP contribution in [0.5, 0.6) is 0 Å². The number of carbonyl (C=O) groups is 2. The van der Waals surface area contributed by atoms with Crippen LogP contribution in [0, 0.1) is 12.8 Å². The van der Waals surface area contributed by atoms with Crippen molar-refractivity contribution in [2.75, 3.05) is 18.0 Å². The van der Waals surface area contributed by atoms with Gasteiger partial charge in [0.2, 0.25) is 5.91 Å². The highest BCUT2D eigenvalue weighted by atomic mass is 16.2. The van der Waals surface area contributed by atoms with Gasteiger partial charge >= 0.3 is 0 Å². The van der Waals surface area contributed by atoms with Gasteiger partial charge in [-0.15, -0.1) is 0 Å². The van der Waals surface area contributed by atoms with Crippen LogP contribution in [0.3, 0.4) is 0 Å². The smallest absolute Gasteiger partial charge is 0.228 e. The number of amides is 1. The van der Waals surface area contributed by atoms with E-state index < -0.39 is 0 Å². The number of aryl methyl sites for hydroxylation is 1. The van der Waals surface area contributed by atoms with E-state index in [4.69, 9.17) is 0 Å². The van der Waals surface area contributed by atoms with Crippen molar-refractivity contribution in [2.24, 2.45) is 5.92 Å². The van der Waals surface area contributed by atoms with Crippen molar-refractivity contribution in [3.05, 3.63) is 161 Å². The number of nitrogens with zero attached hydrogens (tertiary/aromatic N) is 1. The summed E-state index contributed by atoms with van der Waals surface area (Å²) >= 11 is 0. The second-order valence-electron chi connectivity index (χ2n) is 12.0. The van der Waals surface area contributed by atoms with Crippen LogP contribution in [-0.4, -0.2) is 24.8 Å². The second kappa shape index (κ2) is 14.2. The van der Waals surface area contributed by atoms with E-state index in [0.29, 0.717) is 13.0 Å². The van der Waals surface area contributed by atoms with Crippen molar-refractivity contribution in [3.63, 3.8) is 0 Å². The first-order valence-electron chi connectivity index (χ1n) is 16.0. The molecule has 1 aliphatic heterocycles. The molecule has 226 valence electrons. The molecule has 1 atom stereocenters. The maximum Gasteiger partial charge on any atom is 0.228 e. The van der Waals surface area contributed by atoms with Crippen LogP contribution in [0.15, 0.2) is 133 Å². The third-order valence-electron chi connectivity index (χ3n) is 9.09. The molecule has 5 aromatic rings. The molecule has 45 heavy (non-hydrogen) atoms. The highest BCUT2D eigenvalue weighted by Crippen LogP contribution is 2.35. The summed E-state index contributed by atoms with van der Waals surface area (Å²) in [7, 11) is 0. The molecule has 1 amide bonds. The van der Waals surface area contributed by atoms with Crippen molar-refractivity contribution in [1.82, 2.24) is 5.32 Å². The van der Waals surface area contributed by atoms with Crippen LogP contribution in [0.4, 0.5) is 5.69 Å². The fraction of sp³-hybridized carbons (Fsp3) is 0.220. The fourth-order valence-electron chi connectivity index (χ4n) is 6.63. The first kappa shape index (κ1) is 30.1. The number of benzene rings is 5. The van der Waals surface area contributed by atoms with E-state index in [-0.39, 0.29) is 23.5 Å². The fourth-order valence-corrected chi connectivity index (χ4v) is 6.63. The minimum atomic E-state index is -0.173. The molecule has 1 fully saturated rings. The maximum atomic E-state index is 13.6. The van der Waals surface area contributed by atoms with Crippen molar-refractivity contribution in [3.8, 4) is 11.1 Å². The van der Waals surface area contributed by atoms with Crippen LogP contribution >= 0.6 is 0 Å². The number of hydrogen-bond donors (Lipinski definition) is 1. The highest BCUT2D eigenvalue weighted by Gasteiger charge is 2.32. The molecule has 1 heterocycles. The van der Waals surface area contributed by atoms with Gasteiger partial charge in [-0.3, -0.25) is 9.59 Å². The van der Waals surface area contributed by atoms with Gasteiger partial charge in [0.05, 0.1) is 5.92 Å². The molecular weight excluding hydrogens is 552 g/mol. The van der Waals surface area contributed by atoms with Crippen LogP contribution in [0.25, 0.3) is 11.1 Å². The average Bonchev–Trinajstić information content (AvgIpc) is 3.09. The second-order valence-corrected chi connectivity index (χ2v) is 12.0. The zero-order valence-electron chi connectivity index (χ0n) is 25.9. The number of nitrogens with one attached hydrogen (secondary N) is 1. The van der Waals surface area contributed by atoms with Crippen LogP contribution in [0.1, 0.15) is 51.4 Å². The van der Waals surface area contributed by atoms with E-state index in [0.717, 1.165) is 70.6 Å². The monoisotopic (exact) mass is 592 g/mol. The van der Waals surface area contributed by atoms with Crippen molar-refractivity contribution < 1.29 is 9.59 Å². The minimum absolute atomic E-state index is 0.0986. The first-order chi connectivity index (χ1) is 22.1. The molecule has 0 aromatic heterocycles. The Balaban J connectivity index is 1.09. The lowest BCUT2D eigenvalue weighted by atomic mass is 9.79. The van der Waals surface area contributed by atoms with Gasteiger partial charge in [0.1, 0.15) is 0 Å². The molecule has 6 rings (SSSR count).